The second kappa shape index (κ2) is 9.12. The van der Waals surface area contributed by atoms with Gasteiger partial charge in [-0.1, -0.05) is 26.7 Å². The van der Waals surface area contributed by atoms with Crippen molar-refractivity contribution in [2.45, 2.75) is 124 Å². The summed E-state index contributed by atoms with van der Waals surface area (Å²) >= 11 is 0. The van der Waals surface area contributed by atoms with Gasteiger partial charge >= 0.3 is 9.05 Å². The van der Waals surface area contributed by atoms with Gasteiger partial charge in [0.25, 0.3) is 0 Å². The Balaban J connectivity index is 6.01. The van der Waals surface area contributed by atoms with Crippen molar-refractivity contribution in [3.05, 3.63) is 0 Å². The smallest absolute Gasteiger partial charge is 0.346 e. The molecular weight excluding hydrogens is 351 g/mol. The zero-order chi connectivity index (χ0) is 20.2. The molecule has 0 aromatic rings. The monoisotopic (exact) mass is 394 g/mol. The molecule has 0 aliphatic rings. The summed E-state index contributed by atoms with van der Waals surface area (Å²) in [4.78, 5) is 0. The van der Waals surface area contributed by atoms with Crippen molar-refractivity contribution in [3.8, 4) is 0 Å². The number of rotatable bonds is 9. The van der Waals surface area contributed by atoms with Gasteiger partial charge in [-0.3, -0.25) is 0 Å². The second-order valence-corrected chi connectivity index (χ2v) is 12.7. The first-order chi connectivity index (χ1) is 10.9. The van der Waals surface area contributed by atoms with E-state index < -0.39 is 31.2 Å². The third-order valence-corrected chi connectivity index (χ3v) is 7.14. The van der Waals surface area contributed by atoms with Gasteiger partial charge in [-0.25, -0.2) is 0 Å². The minimum Gasteiger partial charge on any atom is -0.346 e. The van der Waals surface area contributed by atoms with Gasteiger partial charge in [-0.15, -0.1) is 9.24 Å². The third kappa shape index (κ3) is 11.7. The Bertz CT molecular complexity index is 347. The quantitative estimate of drug-likeness (QED) is 0.352. The SMILES string of the molecule is CCCC(P)(CCC)O[Si](OC(C)(C)C)(OC(C)(C)C)OC(C)(C)C. The molecule has 0 N–H and O–H groups in total. The van der Waals surface area contributed by atoms with Crippen LogP contribution in [-0.2, 0) is 17.7 Å². The van der Waals surface area contributed by atoms with E-state index in [0.717, 1.165) is 25.7 Å². The standard InChI is InChI=1S/C19H43O4PSi/c1-12-14-19(24,15-13-2)23-25(20-16(3,4)5,21-17(6,7)8)22-18(9,10)11/h12-15,24H2,1-11H3. The topological polar surface area (TPSA) is 36.9 Å². The zero-order valence-electron chi connectivity index (χ0n) is 18.5. The van der Waals surface area contributed by atoms with Crippen LogP contribution in [0.3, 0.4) is 0 Å². The lowest BCUT2D eigenvalue weighted by molar-refractivity contribution is -0.152. The van der Waals surface area contributed by atoms with E-state index in [0.29, 0.717) is 0 Å². The summed E-state index contributed by atoms with van der Waals surface area (Å²) < 4.78 is 25.9. The minimum atomic E-state index is -3.43. The molecule has 0 heterocycles. The van der Waals surface area contributed by atoms with Crippen LogP contribution in [0.15, 0.2) is 0 Å². The van der Waals surface area contributed by atoms with Crippen LogP contribution in [0.4, 0.5) is 0 Å². The van der Waals surface area contributed by atoms with Gasteiger partial charge in [0.05, 0.1) is 22.1 Å². The maximum Gasteiger partial charge on any atom is 0.681 e. The zero-order valence-corrected chi connectivity index (χ0v) is 20.7. The fraction of sp³-hybridized carbons (Fsp3) is 1.00. The van der Waals surface area contributed by atoms with E-state index in [4.69, 9.17) is 17.7 Å². The molecular formula is C19H43O4PSi. The molecule has 1 unspecified atom stereocenters. The van der Waals surface area contributed by atoms with Crippen LogP contribution in [0.1, 0.15) is 102 Å². The molecule has 0 rings (SSSR count). The largest absolute Gasteiger partial charge is 0.681 e. The van der Waals surface area contributed by atoms with E-state index in [-0.39, 0.29) is 0 Å². The molecule has 0 aromatic carbocycles. The molecule has 0 aliphatic carbocycles. The van der Waals surface area contributed by atoms with E-state index in [1.165, 1.54) is 0 Å². The molecule has 4 nitrogen and oxygen atoms in total. The second-order valence-electron chi connectivity index (χ2n) is 9.81. The van der Waals surface area contributed by atoms with Crippen molar-refractivity contribution < 1.29 is 17.7 Å². The summed E-state index contributed by atoms with van der Waals surface area (Å²) in [6, 6.07) is 0. The van der Waals surface area contributed by atoms with Crippen LogP contribution < -0.4 is 0 Å². The van der Waals surface area contributed by atoms with Crippen LogP contribution >= 0.6 is 9.24 Å². The Morgan fingerprint density at radius 3 is 1.08 bits per heavy atom. The van der Waals surface area contributed by atoms with E-state index in [9.17, 15) is 0 Å². The van der Waals surface area contributed by atoms with Gasteiger partial charge in [0.15, 0.2) is 0 Å². The van der Waals surface area contributed by atoms with E-state index in [1.54, 1.807) is 0 Å². The van der Waals surface area contributed by atoms with Crippen molar-refractivity contribution in [1.29, 1.82) is 0 Å². The molecule has 0 fully saturated rings. The highest BCUT2D eigenvalue weighted by atomic mass is 31.0. The lowest BCUT2D eigenvalue weighted by Gasteiger charge is -2.45. The van der Waals surface area contributed by atoms with Gasteiger partial charge < -0.3 is 17.7 Å². The fourth-order valence-electron chi connectivity index (χ4n) is 2.57. The summed E-state index contributed by atoms with van der Waals surface area (Å²) in [7, 11) is -0.528. The van der Waals surface area contributed by atoms with Gasteiger partial charge in [-0.2, -0.15) is 0 Å². The average Bonchev–Trinajstić information content (AvgIpc) is 2.19. The first kappa shape index (κ1) is 25.5. The average molecular weight is 395 g/mol. The molecule has 152 valence electrons. The predicted octanol–water partition coefficient (Wildman–Crippen LogP) is 6.06. The maximum atomic E-state index is 6.67. The molecule has 0 saturated heterocycles. The lowest BCUT2D eigenvalue weighted by Crippen LogP contribution is -2.62. The van der Waals surface area contributed by atoms with Gasteiger partial charge in [0, 0.05) is 0 Å². The first-order valence-electron chi connectivity index (χ1n) is 9.54. The van der Waals surface area contributed by atoms with Gasteiger partial charge in [-0.05, 0) is 75.2 Å². The Kier molecular flexibility index (Phi) is 9.30. The van der Waals surface area contributed by atoms with Gasteiger partial charge in [0.2, 0.25) is 0 Å². The first-order valence-corrected chi connectivity index (χ1v) is 11.8. The Hall–Kier alpha value is 0.487. The summed E-state index contributed by atoms with van der Waals surface area (Å²) in [5.41, 5.74) is -1.31. The van der Waals surface area contributed by atoms with Crippen molar-refractivity contribution >= 4 is 18.3 Å². The van der Waals surface area contributed by atoms with E-state index in [2.05, 4.69) is 23.1 Å². The molecule has 25 heavy (non-hydrogen) atoms. The Labute approximate surface area is 160 Å². The number of hydrogen-bond donors (Lipinski definition) is 0. The van der Waals surface area contributed by atoms with Crippen molar-refractivity contribution in [1.82, 2.24) is 0 Å². The summed E-state index contributed by atoms with van der Waals surface area (Å²) in [5.74, 6) is 0. The molecule has 0 bridgehead atoms. The van der Waals surface area contributed by atoms with E-state index in [1.807, 2.05) is 62.3 Å². The van der Waals surface area contributed by atoms with Crippen LogP contribution in [-0.4, -0.2) is 31.2 Å². The Morgan fingerprint density at radius 1 is 0.600 bits per heavy atom. The highest BCUT2D eigenvalue weighted by molar-refractivity contribution is 7.18. The van der Waals surface area contributed by atoms with Crippen molar-refractivity contribution in [3.63, 3.8) is 0 Å². The third-order valence-electron chi connectivity index (χ3n) is 2.97. The highest BCUT2D eigenvalue weighted by Gasteiger charge is 2.57. The molecule has 0 saturated carbocycles. The molecule has 0 radical (unpaired) electrons. The molecule has 0 amide bonds. The fourth-order valence-corrected chi connectivity index (χ4v) is 6.78. The highest BCUT2D eigenvalue weighted by Crippen LogP contribution is 2.39. The van der Waals surface area contributed by atoms with Crippen LogP contribution in [0, 0.1) is 0 Å². The maximum absolute atomic E-state index is 6.67. The lowest BCUT2D eigenvalue weighted by atomic mass is 10.1. The van der Waals surface area contributed by atoms with Crippen LogP contribution in [0.2, 0.25) is 0 Å². The molecule has 0 aromatic heterocycles. The molecule has 0 spiro atoms. The predicted molar refractivity (Wildman–Crippen MR) is 112 cm³/mol. The molecule has 1 atom stereocenters. The normalized spacial score (nSPS) is 14.9. The van der Waals surface area contributed by atoms with E-state index >= 15 is 0 Å². The van der Waals surface area contributed by atoms with Crippen LogP contribution in [0.5, 0.6) is 0 Å². The summed E-state index contributed by atoms with van der Waals surface area (Å²) in [6.45, 7) is 22.5. The Morgan fingerprint density at radius 2 is 0.880 bits per heavy atom. The number of hydrogen-bond acceptors (Lipinski definition) is 4. The molecule has 0 aliphatic heterocycles. The van der Waals surface area contributed by atoms with Crippen LogP contribution in [0.25, 0.3) is 0 Å². The van der Waals surface area contributed by atoms with Gasteiger partial charge in [0.1, 0.15) is 0 Å². The van der Waals surface area contributed by atoms with Crippen molar-refractivity contribution in [2.24, 2.45) is 0 Å². The van der Waals surface area contributed by atoms with Crippen molar-refractivity contribution in [2.75, 3.05) is 0 Å². The summed E-state index contributed by atoms with van der Waals surface area (Å²) in [6.07, 6.45) is 3.87. The minimum absolute atomic E-state index is 0.405. The molecule has 6 heteroatoms. The summed E-state index contributed by atoms with van der Waals surface area (Å²) in [5, 5.41) is -0.405.